The Kier molecular flexibility index (Phi) is 6.87. The molecule has 30 heavy (non-hydrogen) atoms. The van der Waals surface area contributed by atoms with Crippen LogP contribution in [0.5, 0.6) is 5.75 Å². The fourth-order valence-electron chi connectivity index (χ4n) is 4.46. The van der Waals surface area contributed by atoms with Gasteiger partial charge in [0, 0.05) is 25.6 Å². The van der Waals surface area contributed by atoms with Crippen molar-refractivity contribution in [3.8, 4) is 5.75 Å². The molecule has 0 spiro atoms. The van der Waals surface area contributed by atoms with Crippen molar-refractivity contribution in [2.75, 3.05) is 34.8 Å². The summed E-state index contributed by atoms with van der Waals surface area (Å²) in [5.41, 5.74) is -0.215. The van der Waals surface area contributed by atoms with Crippen LogP contribution < -0.4 is 4.74 Å². The molecule has 3 rings (SSSR count). The average molecular weight is 433 g/mol. The molecule has 0 heterocycles. The molecular formula is C23H32N2O4S. The lowest BCUT2D eigenvalue weighted by molar-refractivity contribution is -0.0745. The molecule has 0 radical (unpaired) electrons. The van der Waals surface area contributed by atoms with Gasteiger partial charge in [0.2, 0.25) is 10.0 Å². The predicted octanol–water partition coefficient (Wildman–Crippen LogP) is 2.93. The van der Waals surface area contributed by atoms with Crippen molar-refractivity contribution in [2.24, 2.45) is 5.92 Å². The summed E-state index contributed by atoms with van der Waals surface area (Å²) in [4.78, 5) is 2.34. The van der Waals surface area contributed by atoms with E-state index in [1.54, 1.807) is 44.5 Å². The van der Waals surface area contributed by atoms with E-state index in [9.17, 15) is 13.5 Å². The quantitative estimate of drug-likeness (QED) is 0.729. The molecule has 0 saturated heterocycles. The monoisotopic (exact) mass is 432 g/mol. The van der Waals surface area contributed by atoms with Gasteiger partial charge >= 0.3 is 0 Å². The highest BCUT2D eigenvalue weighted by Crippen LogP contribution is 2.44. The van der Waals surface area contributed by atoms with Crippen molar-refractivity contribution in [2.45, 2.75) is 35.8 Å². The Morgan fingerprint density at radius 2 is 1.80 bits per heavy atom. The molecule has 3 atom stereocenters. The number of sulfonamides is 1. The third-order valence-electron chi connectivity index (χ3n) is 6.18. The molecule has 0 aromatic heterocycles. The standard InChI is InChI=1S/C23H32N2O4S/c1-24(2)17-19-15-20(25(3)30(27,28)22-11-6-5-7-12-22)13-14-23(19,26)18-9-8-10-21(16-18)29-4/h5-12,16,19-20,26H,13-15,17H2,1-4H3. The Hall–Kier alpha value is -1.93. The van der Waals surface area contributed by atoms with Gasteiger partial charge in [0.1, 0.15) is 5.75 Å². The molecule has 2 aromatic carbocycles. The van der Waals surface area contributed by atoms with Gasteiger partial charge in [-0.3, -0.25) is 0 Å². The topological polar surface area (TPSA) is 70.1 Å². The number of aliphatic hydroxyl groups is 1. The van der Waals surface area contributed by atoms with Crippen molar-refractivity contribution in [1.82, 2.24) is 9.21 Å². The second-order valence-electron chi connectivity index (χ2n) is 8.38. The summed E-state index contributed by atoms with van der Waals surface area (Å²) in [7, 11) is 3.62. The van der Waals surface area contributed by atoms with E-state index in [1.807, 2.05) is 43.3 Å². The Bertz CT molecular complexity index is 949. The number of nitrogens with zero attached hydrogens (tertiary/aromatic N) is 2. The molecule has 1 fully saturated rings. The van der Waals surface area contributed by atoms with Gasteiger partial charge in [-0.15, -0.1) is 0 Å². The molecule has 1 aliphatic carbocycles. The van der Waals surface area contributed by atoms with Crippen LogP contribution in [-0.4, -0.2) is 63.6 Å². The van der Waals surface area contributed by atoms with Crippen LogP contribution in [0, 0.1) is 5.92 Å². The first-order chi connectivity index (χ1) is 14.2. The van der Waals surface area contributed by atoms with Crippen LogP contribution in [0.25, 0.3) is 0 Å². The highest BCUT2D eigenvalue weighted by molar-refractivity contribution is 7.89. The third kappa shape index (κ3) is 4.54. The van der Waals surface area contributed by atoms with E-state index in [2.05, 4.69) is 0 Å². The Balaban J connectivity index is 1.89. The second-order valence-corrected chi connectivity index (χ2v) is 10.4. The van der Waals surface area contributed by atoms with Gasteiger partial charge in [-0.1, -0.05) is 30.3 Å². The maximum Gasteiger partial charge on any atom is 0.243 e. The number of hydrogen-bond donors (Lipinski definition) is 1. The molecule has 6 nitrogen and oxygen atoms in total. The van der Waals surface area contributed by atoms with Crippen molar-refractivity contribution < 1.29 is 18.3 Å². The van der Waals surface area contributed by atoms with E-state index in [0.717, 1.165) is 5.56 Å². The highest BCUT2D eigenvalue weighted by Gasteiger charge is 2.46. The summed E-state index contributed by atoms with van der Waals surface area (Å²) < 4.78 is 33.1. The number of hydrogen-bond acceptors (Lipinski definition) is 5. The van der Waals surface area contributed by atoms with Gasteiger partial charge in [-0.05, 0) is 63.2 Å². The molecule has 2 aromatic rings. The highest BCUT2D eigenvalue weighted by atomic mass is 32.2. The molecule has 3 unspecified atom stereocenters. The molecule has 164 valence electrons. The maximum atomic E-state index is 13.1. The van der Waals surface area contributed by atoms with Gasteiger partial charge in [0.05, 0.1) is 17.6 Å². The van der Waals surface area contributed by atoms with E-state index in [4.69, 9.17) is 4.74 Å². The van der Waals surface area contributed by atoms with Crippen LogP contribution in [0.15, 0.2) is 59.5 Å². The smallest absolute Gasteiger partial charge is 0.243 e. The fraction of sp³-hybridized carbons (Fsp3) is 0.478. The number of rotatable bonds is 7. The van der Waals surface area contributed by atoms with E-state index in [-0.39, 0.29) is 12.0 Å². The average Bonchev–Trinajstić information content (AvgIpc) is 2.75. The normalized spacial score (nSPS) is 24.9. The fourth-order valence-corrected chi connectivity index (χ4v) is 5.87. The zero-order valence-electron chi connectivity index (χ0n) is 18.2. The Labute approximate surface area is 180 Å². The minimum atomic E-state index is -3.58. The number of methoxy groups -OCH3 is 1. The first-order valence-electron chi connectivity index (χ1n) is 10.2. The van der Waals surface area contributed by atoms with Crippen LogP contribution in [0.3, 0.4) is 0 Å². The summed E-state index contributed by atoms with van der Waals surface area (Å²) in [5, 5.41) is 11.7. The van der Waals surface area contributed by atoms with Crippen molar-refractivity contribution in [3.63, 3.8) is 0 Å². The first kappa shape index (κ1) is 22.7. The summed E-state index contributed by atoms with van der Waals surface area (Å²) >= 11 is 0. The van der Waals surface area contributed by atoms with Crippen molar-refractivity contribution in [1.29, 1.82) is 0 Å². The SMILES string of the molecule is COc1cccc(C2(O)CCC(N(C)S(=O)(=O)c3ccccc3)CC2CN(C)C)c1. The summed E-state index contributed by atoms with van der Waals surface area (Å²) in [6.45, 7) is 0.656. The lowest BCUT2D eigenvalue weighted by Gasteiger charge is -2.46. The minimum Gasteiger partial charge on any atom is -0.497 e. The number of benzene rings is 2. The van der Waals surface area contributed by atoms with Gasteiger partial charge in [0.15, 0.2) is 0 Å². The van der Waals surface area contributed by atoms with E-state index in [0.29, 0.717) is 36.5 Å². The Morgan fingerprint density at radius 3 is 2.43 bits per heavy atom. The predicted molar refractivity (Wildman–Crippen MR) is 118 cm³/mol. The van der Waals surface area contributed by atoms with E-state index < -0.39 is 15.6 Å². The van der Waals surface area contributed by atoms with Crippen LogP contribution in [0.2, 0.25) is 0 Å². The summed E-state index contributed by atoms with van der Waals surface area (Å²) in [5.74, 6) is 0.585. The van der Waals surface area contributed by atoms with Crippen LogP contribution in [-0.2, 0) is 15.6 Å². The van der Waals surface area contributed by atoms with E-state index in [1.165, 1.54) is 4.31 Å². The van der Waals surface area contributed by atoms with Crippen LogP contribution in [0.1, 0.15) is 24.8 Å². The molecule has 7 heteroatoms. The van der Waals surface area contributed by atoms with E-state index >= 15 is 0 Å². The summed E-state index contributed by atoms with van der Waals surface area (Å²) in [6, 6.07) is 15.9. The molecule has 0 amide bonds. The lowest BCUT2D eigenvalue weighted by Crippen LogP contribution is -2.50. The molecule has 1 saturated carbocycles. The number of ether oxygens (including phenoxy) is 1. The lowest BCUT2D eigenvalue weighted by atomic mass is 9.69. The maximum absolute atomic E-state index is 13.1. The molecule has 0 aliphatic heterocycles. The second kappa shape index (κ2) is 9.06. The molecule has 1 aliphatic rings. The summed E-state index contributed by atoms with van der Waals surface area (Å²) in [6.07, 6.45) is 1.65. The third-order valence-corrected chi connectivity index (χ3v) is 8.10. The molecule has 1 N–H and O–H groups in total. The Morgan fingerprint density at radius 1 is 1.10 bits per heavy atom. The van der Waals surface area contributed by atoms with Gasteiger partial charge in [0.25, 0.3) is 0 Å². The minimum absolute atomic E-state index is 0.119. The van der Waals surface area contributed by atoms with Crippen LogP contribution >= 0.6 is 0 Å². The van der Waals surface area contributed by atoms with Crippen molar-refractivity contribution in [3.05, 3.63) is 60.2 Å². The molecule has 0 bridgehead atoms. The van der Waals surface area contributed by atoms with Gasteiger partial charge < -0.3 is 14.7 Å². The zero-order valence-corrected chi connectivity index (χ0v) is 19.0. The van der Waals surface area contributed by atoms with Crippen LogP contribution in [0.4, 0.5) is 0 Å². The molecular weight excluding hydrogens is 400 g/mol. The van der Waals surface area contributed by atoms with Gasteiger partial charge in [-0.25, -0.2) is 8.42 Å². The zero-order chi connectivity index (χ0) is 21.9. The largest absolute Gasteiger partial charge is 0.497 e. The first-order valence-corrected chi connectivity index (χ1v) is 11.7. The van der Waals surface area contributed by atoms with Gasteiger partial charge in [-0.2, -0.15) is 4.31 Å². The van der Waals surface area contributed by atoms with Crippen molar-refractivity contribution >= 4 is 10.0 Å².